The number of phenolic OH excluding ortho intramolecular Hbond substituents is 1. The Kier molecular flexibility index (Phi) is 5.30. The zero-order chi connectivity index (χ0) is 23.8. The molecule has 6 rings (SSSR count). The van der Waals surface area contributed by atoms with Gasteiger partial charge in [-0.05, 0) is 47.2 Å². The molecular formula is C30H25N3O2. The molecule has 1 aromatic heterocycles. The first-order valence-electron chi connectivity index (χ1n) is 11.9. The number of phenols is 1. The van der Waals surface area contributed by atoms with Crippen molar-refractivity contribution in [2.24, 2.45) is 0 Å². The van der Waals surface area contributed by atoms with E-state index in [1.54, 1.807) is 12.1 Å². The van der Waals surface area contributed by atoms with Crippen molar-refractivity contribution >= 4 is 33.3 Å². The van der Waals surface area contributed by atoms with Crippen LogP contribution < -0.4 is 4.90 Å². The summed E-state index contributed by atoms with van der Waals surface area (Å²) in [5.41, 5.74) is 4.41. The molecule has 5 nitrogen and oxygen atoms in total. The number of piperazine rings is 1. The van der Waals surface area contributed by atoms with Gasteiger partial charge in [0.05, 0.1) is 16.8 Å². The fraction of sp³-hybridized carbons (Fsp3) is 0.133. The Labute approximate surface area is 203 Å². The van der Waals surface area contributed by atoms with Crippen molar-refractivity contribution in [2.75, 3.05) is 31.1 Å². The van der Waals surface area contributed by atoms with Gasteiger partial charge in [-0.2, -0.15) is 0 Å². The Morgan fingerprint density at radius 1 is 0.743 bits per heavy atom. The Morgan fingerprint density at radius 3 is 2.23 bits per heavy atom. The molecule has 0 radical (unpaired) electrons. The van der Waals surface area contributed by atoms with Crippen LogP contribution in [0.5, 0.6) is 5.75 Å². The van der Waals surface area contributed by atoms with E-state index in [1.807, 2.05) is 65.6 Å². The first-order valence-corrected chi connectivity index (χ1v) is 11.9. The summed E-state index contributed by atoms with van der Waals surface area (Å²) in [7, 11) is 0. The number of benzene rings is 4. The molecule has 1 amide bonds. The SMILES string of the molecule is O=C(c1cc(-c2cccc3ccccc23)nc2ccccc12)N1CCN(c2ccc(O)cc2)CC1. The maximum absolute atomic E-state index is 13.8. The third-order valence-electron chi connectivity index (χ3n) is 6.79. The van der Waals surface area contributed by atoms with Gasteiger partial charge in [-0.15, -0.1) is 0 Å². The molecule has 5 heteroatoms. The number of aromatic hydroxyl groups is 1. The normalized spacial score (nSPS) is 13.9. The summed E-state index contributed by atoms with van der Waals surface area (Å²) in [4.78, 5) is 22.9. The van der Waals surface area contributed by atoms with Crippen molar-refractivity contribution in [2.45, 2.75) is 0 Å². The maximum atomic E-state index is 13.8. The van der Waals surface area contributed by atoms with Crippen molar-refractivity contribution in [1.29, 1.82) is 0 Å². The van der Waals surface area contributed by atoms with Crippen LogP contribution in [0.3, 0.4) is 0 Å². The second kappa shape index (κ2) is 8.76. The lowest BCUT2D eigenvalue weighted by Gasteiger charge is -2.36. The fourth-order valence-corrected chi connectivity index (χ4v) is 4.94. The van der Waals surface area contributed by atoms with Gasteiger partial charge in [0.25, 0.3) is 5.91 Å². The average Bonchev–Trinajstić information content (AvgIpc) is 2.92. The number of nitrogens with zero attached hydrogens (tertiary/aromatic N) is 3. The Hall–Kier alpha value is -4.38. The summed E-state index contributed by atoms with van der Waals surface area (Å²) < 4.78 is 0. The van der Waals surface area contributed by atoms with Crippen LogP contribution in [-0.4, -0.2) is 47.1 Å². The largest absolute Gasteiger partial charge is 0.508 e. The molecule has 1 aliphatic heterocycles. The molecule has 35 heavy (non-hydrogen) atoms. The number of amides is 1. The van der Waals surface area contributed by atoms with Crippen molar-refractivity contribution in [3.05, 3.63) is 103 Å². The standard InChI is InChI=1S/C30H25N3O2/c34-23-14-12-22(13-15-23)32-16-18-33(19-17-32)30(35)27-20-29(31-28-11-4-3-9-26(27)28)25-10-5-7-21-6-1-2-8-24(21)25/h1-15,20,34H,16-19H2. The summed E-state index contributed by atoms with van der Waals surface area (Å²) in [6, 6.07) is 31.5. The first-order chi connectivity index (χ1) is 17.2. The van der Waals surface area contributed by atoms with Gasteiger partial charge >= 0.3 is 0 Å². The van der Waals surface area contributed by atoms with Crippen LogP contribution in [0.2, 0.25) is 0 Å². The lowest BCUT2D eigenvalue weighted by Crippen LogP contribution is -2.48. The van der Waals surface area contributed by atoms with Crippen LogP contribution in [0.4, 0.5) is 5.69 Å². The van der Waals surface area contributed by atoms with Crippen molar-refractivity contribution in [3.8, 4) is 17.0 Å². The lowest BCUT2D eigenvalue weighted by molar-refractivity contribution is 0.0748. The highest BCUT2D eigenvalue weighted by atomic mass is 16.3. The van der Waals surface area contributed by atoms with E-state index in [-0.39, 0.29) is 11.7 Å². The molecule has 1 aliphatic rings. The van der Waals surface area contributed by atoms with Crippen LogP contribution >= 0.6 is 0 Å². The zero-order valence-electron chi connectivity index (χ0n) is 19.3. The van der Waals surface area contributed by atoms with Gasteiger partial charge in [0.2, 0.25) is 0 Å². The molecular weight excluding hydrogens is 434 g/mol. The highest BCUT2D eigenvalue weighted by Crippen LogP contribution is 2.31. The highest BCUT2D eigenvalue weighted by molar-refractivity contribution is 6.08. The lowest BCUT2D eigenvalue weighted by atomic mass is 9.98. The van der Waals surface area contributed by atoms with E-state index in [2.05, 4.69) is 29.2 Å². The molecule has 0 saturated carbocycles. The summed E-state index contributed by atoms with van der Waals surface area (Å²) in [5, 5.41) is 12.7. The second-order valence-electron chi connectivity index (χ2n) is 8.89. The van der Waals surface area contributed by atoms with Gasteiger partial charge < -0.3 is 14.9 Å². The minimum Gasteiger partial charge on any atom is -0.508 e. The number of carbonyl (C=O) groups excluding carboxylic acids is 1. The number of aromatic nitrogens is 1. The molecule has 2 heterocycles. The van der Waals surface area contributed by atoms with Gasteiger partial charge in [0, 0.05) is 42.8 Å². The van der Waals surface area contributed by atoms with Crippen LogP contribution in [0.15, 0.2) is 97.1 Å². The Balaban J connectivity index is 1.35. The molecule has 172 valence electrons. The van der Waals surface area contributed by atoms with E-state index in [4.69, 9.17) is 4.98 Å². The third-order valence-corrected chi connectivity index (χ3v) is 6.79. The predicted molar refractivity (Wildman–Crippen MR) is 141 cm³/mol. The van der Waals surface area contributed by atoms with E-state index in [0.717, 1.165) is 51.7 Å². The molecule has 0 atom stereocenters. The molecule has 1 N–H and O–H groups in total. The van der Waals surface area contributed by atoms with Crippen molar-refractivity contribution < 1.29 is 9.90 Å². The van der Waals surface area contributed by atoms with E-state index in [1.165, 1.54) is 0 Å². The fourth-order valence-electron chi connectivity index (χ4n) is 4.94. The van der Waals surface area contributed by atoms with Gasteiger partial charge in [-0.1, -0.05) is 60.7 Å². The van der Waals surface area contributed by atoms with Gasteiger partial charge in [-0.25, -0.2) is 4.98 Å². The van der Waals surface area contributed by atoms with Gasteiger partial charge in [0.1, 0.15) is 5.75 Å². The molecule has 0 bridgehead atoms. The Bertz CT molecular complexity index is 1530. The number of fused-ring (bicyclic) bond motifs is 2. The predicted octanol–water partition coefficient (Wildman–Crippen LogP) is 5.72. The minimum absolute atomic E-state index is 0.0374. The number of pyridine rings is 1. The van der Waals surface area contributed by atoms with E-state index >= 15 is 0 Å². The minimum atomic E-state index is 0.0374. The third kappa shape index (κ3) is 3.95. The van der Waals surface area contributed by atoms with E-state index in [0.29, 0.717) is 18.7 Å². The monoisotopic (exact) mass is 459 g/mol. The molecule has 4 aromatic carbocycles. The van der Waals surface area contributed by atoms with Crippen LogP contribution in [0.25, 0.3) is 32.9 Å². The molecule has 0 aliphatic carbocycles. The van der Waals surface area contributed by atoms with E-state index < -0.39 is 0 Å². The summed E-state index contributed by atoms with van der Waals surface area (Å²) in [5.74, 6) is 0.296. The highest BCUT2D eigenvalue weighted by Gasteiger charge is 2.24. The second-order valence-corrected chi connectivity index (χ2v) is 8.89. The van der Waals surface area contributed by atoms with E-state index in [9.17, 15) is 9.90 Å². The van der Waals surface area contributed by atoms with Crippen LogP contribution in [0, 0.1) is 0 Å². The van der Waals surface area contributed by atoms with Crippen LogP contribution in [-0.2, 0) is 0 Å². The zero-order valence-corrected chi connectivity index (χ0v) is 19.3. The number of rotatable bonds is 3. The molecule has 0 unspecified atom stereocenters. The summed E-state index contributed by atoms with van der Waals surface area (Å²) >= 11 is 0. The topological polar surface area (TPSA) is 56.7 Å². The van der Waals surface area contributed by atoms with Crippen LogP contribution in [0.1, 0.15) is 10.4 Å². The number of para-hydroxylation sites is 1. The first kappa shape index (κ1) is 21.2. The number of hydrogen-bond acceptors (Lipinski definition) is 4. The molecule has 5 aromatic rings. The smallest absolute Gasteiger partial charge is 0.254 e. The maximum Gasteiger partial charge on any atom is 0.254 e. The van der Waals surface area contributed by atoms with Gasteiger partial charge in [0.15, 0.2) is 0 Å². The number of anilines is 1. The molecule has 1 saturated heterocycles. The average molecular weight is 460 g/mol. The van der Waals surface area contributed by atoms with Gasteiger partial charge in [-0.3, -0.25) is 4.79 Å². The van der Waals surface area contributed by atoms with Crippen molar-refractivity contribution in [1.82, 2.24) is 9.88 Å². The Morgan fingerprint density at radius 2 is 1.43 bits per heavy atom. The quantitative estimate of drug-likeness (QED) is 0.375. The summed E-state index contributed by atoms with van der Waals surface area (Å²) in [6.07, 6.45) is 0. The molecule has 0 spiro atoms. The number of carbonyl (C=O) groups is 1. The molecule has 1 fully saturated rings. The van der Waals surface area contributed by atoms with Crippen molar-refractivity contribution in [3.63, 3.8) is 0 Å². The number of hydrogen-bond donors (Lipinski definition) is 1. The summed E-state index contributed by atoms with van der Waals surface area (Å²) in [6.45, 7) is 2.77.